The molecule has 0 atom stereocenters. The van der Waals surface area contributed by atoms with Crippen LogP contribution in [0, 0.1) is 5.92 Å². The summed E-state index contributed by atoms with van der Waals surface area (Å²) in [5.74, 6) is -1.82. The van der Waals surface area contributed by atoms with E-state index in [0.29, 0.717) is 11.4 Å². The van der Waals surface area contributed by atoms with Crippen LogP contribution in [0.25, 0.3) is 0 Å². The fourth-order valence-corrected chi connectivity index (χ4v) is 6.52. The summed E-state index contributed by atoms with van der Waals surface area (Å²) in [5.41, 5.74) is 0.975. The molecule has 3 rings (SSSR count). The van der Waals surface area contributed by atoms with E-state index in [1.807, 2.05) is 13.8 Å². The number of carbonyl (C=O) groups is 3. The molecule has 1 aliphatic heterocycles. The molecule has 1 aromatic heterocycles. The van der Waals surface area contributed by atoms with Crippen LogP contribution in [0.4, 0.5) is 5.00 Å². The standard InChI is InChI=1S/C24H29ClN2O8S2/c1-4-34-24(30)21-17(11-15(2)3)14-36-22(21)26-20(28)13-35-23(29)16-5-6-18(25)19(12-16)37(31,32)27-7-9-33-10-8-27/h5-6,12,14-15H,4,7-11,13H2,1-3H3,(H,26,28). The maximum atomic E-state index is 13.0. The highest BCUT2D eigenvalue weighted by molar-refractivity contribution is 7.89. The van der Waals surface area contributed by atoms with Gasteiger partial charge >= 0.3 is 11.9 Å². The molecule has 0 saturated carbocycles. The van der Waals surface area contributed by atoms with E-state index >= 15 is 0 Å². The van der Waals surface area contributed by atoms with Crippen LogP contribution in [0.15, 0.2) is 28.5 Å². The van der Waals surface area contributed by atoms with E-state index in [4.69, 9.17) is 25.8 Å². The summed E-state index contributed by atoms with van der Waals surface area (Å²) in [6.45, 7) is 6.11. The van der Waals surface area contributed by atoms with Crippen LogP contribution in [-0.4, -0.2) is 70.1 Å². The van der Waals surface area contributed by atoms with Gasteiger partial charge in [0.2, 0.25) is 10.0 Å². The number of ether oxygens (including phenoxy) is 3. The molecule has 0 bridgehead atoms. The molecule has 0 spiro atoms. The highest BCUT2D eigenvalue weighted by atomic mass is 35.5. The predicted octanol–water partition coefficient (Wildman–Crippen LogP) is 3.59. The van der Waals surface area contributed by atoms with E-state index in [2.05, 4.69) is 5.32 Å². The van der Waals surface area contributed by atoms with Gasteiger partial charge in [-0.25, -0.2) is 18.0 Å². The van der Waals surface area contributed by atoms with Crippen LogP contribution < -0.4 is 5.32 Å². The smallest absolute Gasteiger partial charge is 0.341 e. The molecule has 10 nitrogen and oxygen atoms in total. The van der Waals surface area contributed by atoms with Crippen molar-refractivity contribution >= 4 is 55.8 Å². The van der Waals surface area contributed by atoms with Crippen molar-refractivity contribution in [2.75, 3.05) is 44.8 Å². The van der Waals surface area contributed by atoms with Crippen molar-refractivity contribution in [1.82, 2.24) is 4.31 Å². The number of hydrogen-bond acceptors (Lipinski definition) is 9. The lowest BCUT2D eigenvalue weighted by atomic mass is 10.0. The summed E-state index contributed by atoms with van der Waals surface area (Å²) < 4.78 is 42.6. The highest BCUT2D eigenvalue weighted by Gasteiger charge is 2.29. The molecule has 0 radical (unpaired) electrons. The molecule has 1 amide bonds. The van der Waals surface area contributed by atoms with Crippen LogP contribution in [0.3, 0.4) is 0 Å². The zero-order valence-corrected chi connectivity index (χ0v) is 23.1. The first-order valence-electron chi connectivity index (χ1n) is 11.7. The Labute approximate surface area is 224 Å². The SMILES string of the molecule is CCOC(=O)c1c(CC(C)C)csc1NC(=O)COC(=O)c1ccc(Cl)c(S(=O)(=O)N2CCOCC2)c1. The lowest BCUT2D eigenvalue weighted by molar-refractivity contribution is -0.119. The van der Waals surface area contributed by atoms with Gasteiger partial charge in [0.1, 0.15) is 9.90 Å². The zero-order valence-electron chi connectivity index (χ0n) is 20.7. The van der Waals surface area contributed by atoms with Crippen LogP contribution in [0.2, 0.25) is 5.02 Å². The van der Waals surface area contributed by atoms with Gasteiger partial charge in [0.15, 0.2) is 6.61 Å². The molecule has 2 aromatic rings. The lowest BCUT2D eigenvalue weighted by Crippen LogP contribution is -2.40. The van der Waals surface area contributed by atoms with Crippen LogP contribution in [0.5, 0.6) is 0 Å². The van der Waals surface area contributed by atoms with Gasteiger partial charge < -0.3 is 19.5 Å². The van der Waals surface area contributed by atoms with E-state index in [-0.39, 0.29) is 59.9 Å². The molecule has 1 fully saturated rings. The summed E-state index contributed by atoms with van der Waals surface area (Å²) in [4.78, 5) is 37.4. The van der Waals surface area contributed by atoms with E-state index < -0.39 is 34.5 Å². The third-order valence-electron chi connectivity index (χ3n) is 5.32. The van der Waals surface area contributed by atoms with Gasteiger partial charge in [-0.1, -0.05) is 25.4 Å². The monoisotopic (exact) mass is 572 g/mol. The Kier molecular flexibility index (Phi) is 10.1. The van der Waals surface area contributed by atoms with E-state index in [0.717, 1.165) is 11.6 Å². The molecule has 1 aromatic carbocycles. The van der Waals surface area contributed by atoms with Gasteiger partial charge in [-0.15, -0.1) is 11.3 Å². The van der Waals surface area contributed by atoms with Gasteiger partial charge in [-0.2, -0.15) is 4.31 Å². The summed E-state index contributed by atoms with van der Waals surface area (Å²) in [6.07, 6.45) is 0.627. The van der Waals surface area contributed by atoms with E-state index in [9.17, 15) is 22.8 Å². The van der Waals surface area contributed by atoms with Crippen molar-refractivity contribution in [2.24, 2.45) is 5.92 Å². The second-order valence-electron chi connectivity index (χ2n) is 8.57. The molecular weight excluding hydrogens is 544 g/mol. The second kappa shape index (κ2) is 12.8. The minimum absolute atomic E-state index is 0.0397. The summed E-state index contributed by atoms with van der Waals surface area (Å²) in [7, 11) is -3.95. The van der Waals surface area contributed by atoms with Crippen LogP contribution >= 0.6 is 22.9 Å². The quantitative estimate of drug-likeness (QED) is 0.428. The maximum Gasteiger partial charge on any atom is 0.341 e. The molecule has 37 heavy (non-hydrogen) atoms. The Morgan fingerprint density at radius 2 is 1.86 bits per heavy atom. The van der Waals surface area contributed by atoms with E-state index in [1.165, 1.54) is 27.8 Å². The largest absolute Gasteiger partial charge is 0.462 e. The molecule has 0 unspecified atom stereocenters. The second-order valence-corrected chi connectivity index (χ2v) is 11.8. The number of benzene rings is 1. The van der Waals surface area contributed by atoms with Gasteiger partial charge in [0.05, 0.1) is 36.0 Å². The fraction of sp³-hybridized carbons (Fsp3) is 0.458. The van der Waals surface area contributed by atoms with Crippen molar-refractivity contribution < 1.29 is 37.0 Å². The number of morpholine rings is 1. The number of hydrogen-bond donors (Lipinski definition) is 1. The molecule has 1 aliphatic rings. The number of esters is 2. The minimum atomic E-state index is -3.95. The Balaban J connectivity index is 1.69. The molecule has 1 N–H and O–H groups in total. The molecule has 1 saturated heterocycles. The molecule has 0 aliphatic carbocycles. The number of nitrogens with zero attached hydrogens (tertiary/aromatic N) is 1. The van der Waals surface area contributed by atoms with Gasteiger partial charge in [0.25, 0.3) is 5.91 Å². The van der Waals surface area contributed by atoms with E-state index in [1.54, 1.807) is 12.3 Å². The maximum absolute atomic E-state index is 13.0. The van der Waals surface area contributed by atoms with Gasteiger partial charge in [0, 0.05) is 13.1 Å². The van der Waals surface area contributed by atoms with Crippen molar-refractivity contribution in [3.63, 3.8) is 0 Å². The van der Waals surface area contributed by atoms with Crippen molar-refractivity contribution in [2.45, 2.75) is 32.1 Å². The summed E-state index contributed by atoms with van der Waals surface area (Å²) in [5, 5.41) is 4.66. The average molecular weight is 573 g/mol. The Morgan fingerprint density at radius 1 is 1.16 bits per heavy atom. The van der Waals surface area contributed by atoms with Crippen molar-refractivity contribution in [1.29, 1.82) is 0 Å². The number of rotatable bonds is 10. The average Bonchev–Trinajstić information content (AvgIpc) is 3.24. The summed E-state index contributed by atoms with van der Waals surface area (Å²) >= 11 is 7.31. The number of sulfonamides is 1. The van der Waals surface area contributed by atoms with Crippen molar-refractivity contribution in [3.8, 4) is 0 Å². The fourth-order valence-electron chi connectivity index (χ4n) is 3.63. The Hall–Kier alpha value is -2.51. The molecule has 202 valence electrons. The summed E-state index contributed by atoms with van der Waals surface area (Å²) in [6, 6.07) is 3.74. The normalized spacial score (nSPS) is 14.4. The first-order chi connectivity index (χ1) is 17.5. The third-order valence-corrected chi connectivity index (χ3v) is 8.64. The lowest BCUT2D eigenvalue weighted by Gasteiger charge is -2.26. The first-order valence-corrected chi connectivity index (χ1v) is 14.4. The zero-order chi connectivity index (χ0) is 27.2. The Bertz CT molecular complexity index is 1250. The number of carbonyl (C=O) groups excluding carboxylic acids is 3. The minimum Gasteiger partial charge on any atom is -0.462 e. The number of amides is 1. The van der Waals surface area contributed by atoms with Crippen LogP contribution in [-0.2, 0) is 35.4 Å². The third kappa shape index (κ3) is 7.29. The van der Waals surface area contributed by atoms with Gasteiger partial charge in [-0.3, -0.25) is 4.79 Å². The molecule has 13 heteroatoms. The topological polar surface area (TPSA) is 128 Å². The predicted molar refractivity (Wildman–Crippen MR) is 139 cm³/mol. The number of nitrogens with one attached hydrogen (secondary N) is 1. The molecular formula is C24H29ClN2O8S2. The number of halogens is 1. The molecule has 2 heterocycles. The van der Waals surface area contributed by atoms with Gasteiger partial charge in [-0.05, 0) is 48.4 Å². The first kappa shape index (κ1) is 29.1. The Morgan fingerprint density at radius 3 is 2.51 bits per heavy atom. The van der Waals surface area contributed by atoms with Crippen molar-refractivity contribution in [3.05, 3.63) is 45.3 Å². The number of thiophene rings is 1. The van der Waals surface area contributed by atoms with Crippen LogP contribution in [0.1, 0.15) is 47.1 Å². The highest BCUT2D eigenvalue weighted by Crippen LogP contribution is 2.31. The number of anilines is 1.